The Kier molecular flexibility index (Phi) is 86.5. The summed E-state index contributed by atoms with van der Waals surface area (Å²) in [6, 6.07) is 0. The van der Waals surface area contributed by atoms with E-state index in [1.165, 1.54) is 6.92 Å². The first kappa shape index (κ1) is 15.8. The normalized spacial score (nSPS) is 5.44. The lowest BCUT2D eigenvalue weighted by Crippen LogP contribution is -1.57. The molecule has 0 unspecified atom stereocenters. The van der Waals surface area contributed by atoms with Gasteiger partial charge in [0.1, 0.15) is 6.29 Å². The van der Waals surface area contributed by atoms with E-state index in [-0.39, 0.29) is 13.2 Å². The Hall–Kier alpha value is -0.410. The molecule has 0 radical (unpaired) electrons. The van der Waals surface area contributed by atoms with Gasteiger partial charge in [-0.3, -0.25) is 0 Å². The van der Waals surface area contributed by atoms with Crippen molar-refractivity contribution < 1.29 is 15.0 Å². The zero-order chi connectivity index (χ0) is 8.12. The fourth-order valence-electron chi connectivity index (χ4n) is 0. The van der Waals surface area contributed by atoms with Crippen LogP contribution in [0.15, 0.2) is 0 Å². The third-order valence-electron chi connectivity index (χ3n) is 0. The summed E-state index contributed by atoms with van der Waals surface area (Å²) in [5.74, 6) is 0. The highest BCUT2D eigenvalue weighted by Crippen LogP contribution is 1.30. The summed E-state index contributed by atoms with van der Waals surface area (Å²) in [6.07, 6.45) is 0.750. The van der Waals surface area contributed by atoms with Crippen LogP contribution in [0.4, 0.5) is 0 Å². The average Bonchev–Trinajstić information content (AvgIpc) is 1.70. The molecule has 0 spiro atoms. The minimum Gasteiger partial charge on any atom is -0.397 e. The van der Waals surface area contributed by atoms with Crippen molar-refractivity contribution in [1.29, 1.82) is 0 Å². The Morgan fingerprint density at radius 1 is 1.22 bits per heavy atom. The molecule has 3 nitrogen and oxygen atoms in total. The van der Waals surface area contributed by atoms with E-state index in [1.807, 2.05) is 0 Å². The van der Waals surface area contributed by atoms with Crippen LogP contribution in [0, 0.1) is 0 Å². The van der Waals surface area contributed by atoms with Crippen LogP contribution in [0.5, 0.6) is 0 Å². The van der Waals surface area contributed by atoms with Crippen molar-refractivity contribution in [1.82, 2.24) is 0 Å². The highest BCUT2D eigenvalue weighted by molar-refractivity contribution is 5.44. The topological polar surface area (TPSA) is 57.5 Å². The molecule has 0 saturated carbocycles. The predicted octanol–water partition coefficient (Wildman–Crippen LogP) is 0.202. The highest BCUT2D eigenvalue weighted by atomic mass is 16.3. The van der Waals surface area contributed by atoms with E-state index >= 15 is 0 Å². The van der Waals surface area contributed by atoms with Gasteiger partial charge in [-0.25, -0.2) is 0 Å². The smallest absolute Gasteiger partial charge is 0.116 e. The van der Waals surface area contributed by atoms with Crippen molar-refractivity contribution in [2.24, 2.45) is 0 Å². The number of hydrogen-bond donors (Lipinski definition) is 2. The minimum absolute atomic E-state index is 0.250. The van der Waals surface area contributed by atoms with Crippen LogP contribution >= 0.6 is 0 Å². The molecular weight excluding hydrogens is 120 g/mol. The molecule has 0 aromatic heterocycles. The van der Waals surface area contributed by atoms with E-state index < -0.39 is 0 Å². The largest absolute Gasteiger partial charge is 0.397 e. The van der Waals surface area contributed by atoms with E-state index in [4.69, 9.17) is 15.0 Å². The average molecular weight is 136 g/mol. The zero-order valence-corrected chi connectivity index (χ0v) is 6.29. The number of hydrogen-bond acceptors (Lipinski definition) is 3. The molecular formula is C6H16O3. The van der Waals surface area contributed by atoms with Gasteiger partial charge in [0.05, 0.1) is 0 Å². The van der Waals surface area contributed by atoms with E-state index in [2.05, 4.69) is 0 Å². The molecule has 0 aliphatic rings. The molecule has 58 valence electrons. The summed E-state index contributed by atoms with van der Waals surface area (Å²) < 4.78 is 0. The summed E-state index contributed by atoms with van der Waals surface area (Å²) in [7, 11) is 0. The van der Waals surface area contributed by atoms with Gasteiger partial charge in [-0.15, -0.1) is 0 Å². The van der Waals surface area contributed by atoms with Crippen molar-refractivity contribution >= 4 is 6.29 Å². The molecule has 0 fully saturated rings. The van der Waals surface area contributed by atoms with Crippen LogP contribution in [0.25, 0.3) is 0 Å². The molecule has 0 heterocycles. The van der Waals surface area contributed by atoms with E-state index in [0.717, 1.165) is 6.29 Å². The van der Waals surface area contributed by atoms with Gasteiger partial charge in [0.25, 0.3) is 0 Å². The van der Waals surface area contributed by atoms with E-state index in [1.54, 1.807) is 13.8 Å². The fourth-order valence-corrected chi connectivity index (χ4v) is 0. The van der Waals surface area contributed by atoms with Crippen molar-refractivity contribution in [3.05, 3.63) is 0 Å². The first-order valence-electron chi connectivity index (χ1n) is 2.86. The standard InChI is InChI=1S/2C2H6O.C2H4O/c3*1-2-3/h2*3H,2H2,1H3;2H,1H3. The van der Waals surface area contributed by atoms with Crippen molar-refractivity contribution in [3.63, 3.8) is 0 Å². The second-order valence-electron chi connectivity index (χ2n) is 0.868. The van der Waals surface area contributed by atoms with Gasteiger partial charge in [-0.1, -0.05) is 0 Å². The van der Waals surface area contributed by atoms with Gasteiger partial charge >= 0.3 is 0 Å². The first-order valence-corrected chi connectivity index (χ1v) is 2.86. The van der Waals surface area contributed by atoms with Gasteiger partial charge < -0.3 is 15.0 Å². The Bertz CT molecular complexity index is 27.5. The van der Waals surface area contributed by atoms with Gasteiger partial charge in [0, 0.05) is 13.2 Å². The van der Waals surface area contributed by atoms with Crippen LogP contribution in [0.1, 0.15) is 20.8 Å². The molecule has 9 heavy (non-hydrogen) atoms. The second-order valence-corrected chi connectivity index (χ2v) is 0.868. The Morgan fingerprint density at radius 2 is 1.22 bits per heavy atom. The monoisotopic (exact) mass is 136 g/mol. The number of carbonyl (C=O) groups excluding carboxylic acids is 1. The number of aliphatic hydroxyl groups is 2. The Morgan fingerprint density at radius 3 is 1.22 bits per heavy atom. The van der Waals surface area contributed by atoms with Crippen LogP contribution in [-0.4, -0.2) is 29.7 Å². The maximum Gasteiger partial charge on any atom is 0.116 e. The minimum atomic E-state index is 0.250. The molecule has 0 rings (SSSR count). The molecule has 0 aliphatic carbocycles. The molecule has 0 aliphatic heterocycles. The van der Waals surface area contributed by atoms with E-state index in [0.29, 0.717) is 0 Å². The fraction of sp³-hybridized carbons (Fsp3) is 0.833. The molecule has 0 atom stereocenters. The summed E-state index contributed by atoms with van der Waals surface area (Å²) in [5.41, 5.74) is 0. The lowest BCUT2D eigenvalue weighted by Gasteiger charge is -1.52. The second kappa shape index (κ2) is 49.1. The summed E-state index contributed by atoms with van der Waals surface area (Å²) >= 11 is 0. The summed E-state index contributed by atoms with van der Waals surface area (Å²) in [5, 5.41) is 15.1. The van der Waals surface area contributed by atoms with Gasteiger partial charge in [-0.05, 0) is 20.8 Å². The first-order chi connectivity index (χ1) is 4.24. The number of rotatable bonds is 0. The van der Waals surface area contributed by atoms with Crippen LogP contribution in [0.2, 0.25) is 0 Å². The van der Waals surface area contributed by atoms with Crippen LogP contribution < -0.4 is 0 Å². The summed E-state index contributed by atoms with van der Waals surface area (Å²) in [6.45, 7) is 5.31. The molecule has 0 bridgehead atoms. The number of aldehydes is 1. The van der Waals surface area contributed by atoms with Crippen molar-refractivity contribution in [2.45, 2.75) is 20.8 Å². The maximum absolute atomic E-state index is 8.81. The molecule has 0 aromatic rings. The highest BCUT2D eigenvalue weighted by Gasteiger charge is 1.34. The maximum atomic E-state index is 8.81. The van der Waals surface area contributed by atoms with Crippen molar-refractivity contribution in [2.75, 3.05) is 13.2 Å². The molecule has 3 heteroatoms. The Labute approximate surface area is 56.3 Å². The Balaban J connectivity index is -0.0000000600. The molecule has 2 N–H and O–H groups in total. The van der Waals surface area contributed by atoms with Gasteiger partial charge in [0.15, 0.2) is 0 Å². The lowest BCUT2D eigenvalue weighted by atomic mass is 10.9. The third kappa shape index (κ3) is 1410. The molecule has 0 amide bonds. The van der Waals surface area contributed by atoms with Gasteiger partial charge in [0.2, 0.25) is 0 Å². The number of carbonyl (C=O) groups is 1. The zero-order valence-electron chi connectivity index (χ0n) is 6.29. The molecule has 0 aromatic carbocycles. The SMILES string of the molecule is CC=O.CCO.CCO. The van der Waals surface area contributed by atoms with Crippen LogP contribution in [-0.2, 0) is 4.79 Å². The predicted molar refractivity (Wildman–Crippen MR) is 37.3 cm³/mol. The van der Waals surface area contributed by atoms with Crippen LogP contribution in [0.3, 0.4) is 0 Å². The lowest BCUT2D eigenvalue weighted by molar-refractivity contribution is -0.106. The van der Waals surface area contributed by atoms with Crippen molar-refractivity contribution in [3.8, 4) is 0 Å². The third-order valence-corrected chi connectivity index (χ3v) is 0. The quantitative estimate of drug-likeness (QED) is 0.468. The van der Waals surface area contributed by atoms with Gasteiger partial charge in [-0.2, -0.15) is 0 Å². The number of aliphatic hydroxyl groups excluding tert-OH is 2. The molecule has 0 saturated heterocycles. The van der Waals surface area contributed by atoms with E-state index in [9.17, 15) is 0 Å². The summed E-state index contributed by atoms with van der Waals surface area (Å²) in [4.78, 5) is 8.81.